The largest absolute Gasteiger partial charge is 0.342 e. The van der Waals surface area contributed by atoms with Crippen molar-refractivity contribution in [2.24, 2.45) is 5.92 Å². The molecule has 0 spiro atoms. The van der Waals surface area contributed by atoms with Crippen molar-refractivity contribution in [3.05, 3.63) is 0 Å². The van der Waals surface area contributed by atoms with Gasteiger partial charge >= 0.3 is 0 Å². The summed E-state index contributed by atoms with van der Waals surface area (Å²) in [6, 6.07) is 0. The molecule has 1 aliphatic heterocycles. The first-order valence-corrected chi connectivity index (χ1v) is 9.92. The minimum atomic E-state index is -3.22. The predicted molar refractivity (Wildman–Crippen MR) is 85.5 cm³/mol. The van der Waals surface area contributed by atoms with Gasteiger partial charge in [0.25, 0.3) is 0 Å². The van der Waals surface area contributed by atoms with Gasteiger partial charge < -0.3 is 4.90 Å². The average molecular weight is 318 g/mol. The van der Waals surface area contributed by atoms with Crippen LogP contribution in [0.3, 0.4) is 0 Å². The summed E-state index contributed by atoms with van der Waals surface area (Å²) >= 11 is 0. The zero-order valence-corrected chi connectivity index (χ0v) is 14.5. The first-order chi connectivity index (χ1) is 9.84. The van der Waals surface area contributed by atoms with Gasteiger partial charge in [-0.15, -0.1) is 0 Å². The number of likely N-dealkylation sites (tertiary alicyclic amines) is 1. The lowest BCUT2D eigenvalue weighted by molar-refractivity contribution is -0.133. The Hall–Kier alpha value is -0.620. The van der Waals surface area contributed by atoms with Crippen LogP contribution in [0.15, 0.2) is 0 Å². The van der Waals surface area contributed by atoms with Gasteiger partial charge in [0.15, 0.2) is 0 Å². The van der Waals surface area contributed by atoms with E-state index in [4.69, 9.17) is 0 Å². The van der Waals surface area contributed by atoms with Crippen molar-refractivity contribution in [3.8, 4) is 0 Å². The Balaban J connectivity index is 2.46. The molecule has 0 bridgehead atoms. The summed E-state index contributed by atoms with van der Waals surface area (Å²) in [5.74, 6) is 0.643. The molecule has 0 aliphatic carbocycles. The van der Waals surface area contributed by atoms with Crippen molar-refractivity contribution in [2.45, 2.75) is 52.4 Å². The molecule has 1 unspecified atom stereocenters. The second-order valence-corrected chi connectivity index (χ2v) is 8.19. The number of hydrogen-bond acceptors (Lipinski definition) is 3. The van der Waals surface area contributed by atoms with Gasteiger partial charge in [0.05, 0.1) is 6.26 Å². The topological polar surface area (TPSA) is 57.7 Å². The summed E-state index contributed by atoms with van der Waals surface area (Å²) in [7, 11) is -3.22. The van der Waals surface area contributed by atoms with E-state index in [9.17, 15) is 13.2 Å². The van der Waals surface area contributed by atoms with Crippen LogP contribution in [0.5, 0.6) is 0 Å². The Bertz CT molecular complexity index is 423. The van der Waals surface area contributed by atoms with E-state index in [0.717, 1.165) is 38.8 Å². The van der Waals surface area contributed by atoms with Crippen LogP contribution >= 0.6 is 0 Å². The number of sulfonamides is 1. The minimum Gasteiger partial charge on any atom is -0.342 e. The Morgan fingerprint density at radius 1 is 1.29 bits per heavy atom. The molecule has 124 valence electrons. The van der Waals surface area contributed by atoms with Crippen molar-refractivity contribution in [3.63, 3.8) is 0 Å². The molecule has 1 fully saturated rings. The van der Waals surface area contributed by atoms with Crippen LogP contribution in [0.25, 0.3) is 0 Å². The molecule has 1 atom stereocenters. The molecule has 1 saturated heterocycles. The maximum Gasteiger partial charge on any atom is 0.223 e. The van der Waals surface area contributed by atoms with Gasteiger partial charge in [-0.25, -0.2) is 12.7 Å². The predicted octanol–water partition coefficient (Wildman–Crippen LogP) is 2.09. The number of amides is 1. The number of carbonyl (C=O) groups is 1. The molecule has 0 aromatic rings. The van der Waals surface area contributed by atoms with Crippen LogP contribution < -0.4 is 0 Å². The van der Waals surface area contributed by atoms with Crippen LogP contribution in [0.4, 0.5) is 0 Å². The lowest BCUT2D eigenvalue weighted by Gasteiger charge is -2.31. The van der Waals surface area contributed by atoms with Gasteiger partial charge in [-0.05, 0) is 25.2 Å². The highest BCUT2D eigenvalue weighted by Crippen LogP contribution is 2.16. The van der Waals surface area contributed by atoms with E-state index in [2.05, 4.69) is 13.8 Å². The molecular formula is C15H30N2O3S. The molecule has 0 aromatic heterocycles. The Labute approximate surface area is 129 Å². The number of piperidine rings is 1. The van der Waals surface area contributed by atoms with E-state index >= 15 is 0 Å². The Morgan fingerprint density at radius 3 is 2.57 bits per heavy atom. The van der Waals surface area contributed by atoms with Gasteiger partial charge in [-0.3, -0.25) is 4.79 Å². The average Bonchev–Trinajstić information content (AvgIpc) is 2.41. The maximum atomic E-state index is 12.2. The number of carbonyl (C=O) groups excluding carboxylic acids is 1. The van der Waals surface area contributed by atoms with Crippen LogP contribution in [0.1, 0.15) is 52.4 Å². The third kappa shape index (κ3) is 6.78. The lowest BCUT2D eigenvalue weighted by Crippen LogP contribution is -2.41. The third-order valence-corrected chi connectivity index (χ3v) is 5.37. The van der Waals surface area contributed by atoms with E-state index in [-0.39, 0.29) is 5.91 Å². The molecule has 0 saturated carbocycles. The fourth-order valence-electron chi connectivity index (χ4n) is 2.78. The van der Waals surface area contributed by atoms with Crippen LogP contribution in [-0.2, 0) is 14.8 Å². The highest BCUT2D eigenvalue weighted by molar-refractivity contribution is 7.88. The van der Waals surface area contributed by atoms with Crippen molar-refractivity contribution in [2.75, 3.05) is 32.4 Å². The quantitative estimate of drug-likeness (QED) is 0.644. The number of rotatable bonds is 8. The SMILES string of the molecule is CCCCCN(CCC(=O)N1CCCC(C)C1)S(C)(=O)=O. The van der Waals surface area contributed by atoms with Gasteiger partial charge in [-0.2, -0.15) is 0 Å². The molecule has 0 radical (unpaired) electrons. The third-order valence-electron chi connectivity index (χ3n) is 4.06. The molecule has 0 aromatic carbocycles. The molecule has 1 heterocycles. The lowest BCUT2D eigenvalue weighted by atomic mass is 10.00. The zero-order valence-electron chi connectivity index (χ0n) is 13.7. The summed E-state index contributed by atoms with van der Waals surface area (Å²) in [6.07, 6.45) is 6.69. The van der Waals surface area contributed by atoms with E-state index < -0.39 is 10.0 Å². The van der Waals surface area contributed by atoms with Crippen molar-refractivity contribution < 1.29 is 13.2 Å². The molecule has 21 heavy (non-hydrogen) atoms. The van der Waals surface area contributed by atoms with E-state index in [1.165, 1.54) is 17.0 Å². The first-order valence-electron chi connectivity index (χ1n) is 8.07. The van der Waals surface area contributed by atoms with Crippen molar-refractivity contribution >= 4 is 15.9 Å². The second-order valence-electron chi connectivity index (χ2n) is 6.21. The highest BCUT2D eigenvalue weighted by Gasteiger charge is 2.23. The normalized spacial score (nSPS) is 20.0. The molecular weight excluding hydrogens is 288 g/mol. The number of unbranched alkanes of at least 4 members (excludes halogenated alkanes) is 2. The van der Waals surface area contributed by atoms with Gasteiger partial charge in [0, 0.05) is 32.6 Å². The van der Waals surface area contributed by atoms with Gasteiger partial charge in [0.1, 0.15) is 0 Å². The maximum absolute atomic E-state index is 12.2. The van der Waals surface area contributed by atoms with Crippen molar-refractivity contribution in [1.82, 2.24) is 9.21 Å². The molecule has 5 nitrogen and oxygen atoms in total. The van der Waals surface area contributed by atoms with Crippen LogP contribution in [0.2, 0.25) is 0 Å². The summed E-state index contributed by atoms with van der Waals surface area (Å²) in [4.78, 5) is 14.1. The Morgan fingerprint density at radius 2 is 2.00 bits per heavy atom. The number of hydrogen-bond donors (Lipinski definition) is 0. The Kier molecular flexibility index (Phi) is 7.66. The summed E-state index contributed by atoms with van der Waals surface area (Å²) in [6.45, 7) is 6.72. The molecule has 1 amide bonds. The summed E-state index contributed by atoms with van der Waals surface area (Å²) in [5, 5.41) is 0. The smallest absolute Gasteiger partial charge is 0.223 e. The van der Waals surface area contributed by atoms with Crippen molar-refractivity contribution in [1.29, 1.82) is 0 Å². The van der Waals surface area contributed by atoms with E-state index in [1.807, 2.05) is 4.90 Å². The summed E-state index contributed by atoms with van der Waals surface area (Å²) < 4.78 is 25.0. The minimum absolute atomic E-state index is 0.0886. The monoisotopic (exact) mass is 318 g/mol. The van der Waals surface area contributed by atoms with Gasteiger partial charge in [0.2, 0.25) is 15.9 Å². The molecule has 1 rings (SSSR count). The molecule has 0 N–H and O–H groups in total. The van der Waals surface area contributed by atoms with E-state index in [0.29, 0.717) is 25.4 Å². The number of nitrogens with zero attached hydrogens (tertiary/aromatic N) is 2. The van der Waals surface area contributed by atoms with E-state index in [1.54, 1.807) is 0 Å². The van der Waals surface area contributed by atoms with Crippen LogP contribution in [0, 0.1) is 5.92 Å². The second kappa shape index (κ2) is 8.73. The fraction of sp³-hybridized carbons (Fsp3) is 0.933. The first kappa shape index (κ1) is 18.4. The molecule has 1 aliphatic rings. The van der Waals surface area contributed by atoms with Gasteiger partial charge in [-0.1, -0.05) is 26.7 Å². The van der Waals surface area contributed by atoms with Crippen LogP contribution in [-0.4, -0.2) is 56.0 Å². The zero-order chi connectivity index (χ0) is 15.9. The summed E-state index contributed by atoms with van der Waals surface area (Å²) in [5.41, 5.74) is 0. The molecule has 6 heteroatoms. The highest BCUT2D eigenvalue weighted by atomic mass is 32.2. The fourth-order valence-corrected chi connectivity index (χ4v) is 3.66. The standard InChI is InChI=1S/C15H30N2O3S/c1-4-5-6-11-17(21(3,19)20)12-9-15(18)16-10-7-8-14(2)13-16/h14H,4-13H2,1-3H3.